The second-order valence-electron chi connectivity index (χ2n) is 7.36. The molecule has 0 aliphatic carbocycles. The van der Waals surface area contributed by atoms with Gasteiger partial charge < -0.3 is 10.6 Å². The van der Waals surface area contributed by atoms with Crippen LogP contribution in [0.15, 0.2) is 42.7 Å². The second-order valence-corrected chi connectivity index (χ2v) is 7.36. The minimum absolute atomic E-state index is 0.211. The predicted molar refractivity (Wildman–Crippen MR) is 111 cm³/mol. The first-order valence-electron chi connectivity index (χ1n) is 9.86. The Bertz CT molecular complexity index is 857. The van der Waals surface area contributed by atoms with E-state index in [0.29, 0.717) is 30.4 Å². The number of carbonyl (C=O) groups excluding carboxylic acids is 2. The van der Waals surface area contributed by atoms with Crippen LogP contribution in [0.5, 0.6) is 0 Å². The molecular weight excluding hydrogens is 389 g/mol. The van der Waals surface area contributed by atoms with Gasteiger partial charge in [-0.1, -0.05) is 0 Å². The lowest BCUT2D eigenvalue weighted by molar-refractivity contribution is -0.132. The Balaban J connectivity index is 1.49. The maximum Gasteiger partial charge on any atom is 0.323 e. The number of hydroxylamine groups is 1. The molecule has 1 aliphatic rings. The van der Waals surface area contributed by atoms with E-state index in [9.17, 15) is 14.0 Å². The molecule has 1 saturated heterocycles. The van der Waals surface area contributed by atoms with Crippen molar-refractivity contribution in [3.63, 3.8) is 0 Å². The van der Waals surface area contributed by atoms with Crippen molar-refractivity contribution in [2.24, 2.45) is 5.92 Å². The monoisotopic (exact) mass is 415 g/mol. The fourth-order valence-corrected chi connectivity index (χ4v) is 3.37. The number of urea groups is 1. The fraction of sp³-hybridized carbons (Fsp3) is 0.381. The molecule has 30 heavy (non-hydrogen) atoms. The van der Waals surface area contributed by atoms with Crippen molar-refractivity contribution < 1.29 is 18.8 Å². The van der Waals surface area contributed by atoms with E-state index >= 15 is 0 Å². The number of benzene rings is 1. The number of hydrogen-bond acceptors (Lipinski definition) is 5. The molecule has 0 unspecified atom stereocenters. The van der Waals surface area contributed by atoms with Crippen LogP contribution >= 0.6 is 0 Å². The van der Waals surface area contributed by atoms with E-state index in [-0.39, 0.29) is 5.91 Å². The van der Waals surface area contributed by atoms with Gasteiger partial charge in [-0.05, 0) is 67.7 Å². The normalized spacial score (nSPS) is 14.9. The highest BCUT2D eigenvalue weighted by Crippen LogP contribution is 2.21. The molecule has 8 nitrogen and oxygen atoms in total. The van der Waals surface area contributed by atoms with Gasteiger partial charge in [0.1, 0.15) is 5.82 Å². The molecule has 2 heterocycles. The lowest BCUT2D eigenvalue weighted by Gasteiger charge is -2.31. The maximum atomic E-state index is 14.1. The van der Waals surface area contributed by atoms with E-state index in [4.69, 9.17) is 4.84 Å². The molecule has 1 aromatic heterocycles. The van der Waals surface area contributed by atoms with Crippen LogP contribution in [0.2, 0.25) is 0 Å². The van der Waals surface area contributed by atoms with Gasteiger partial charge in [0.05, 0.1) is 18.5 Å². The van der Waals surface area contributed by atoms with Gasteiger partial charge in [-0.25, -0.2) is 14.7 Å². The Morgan fingerprint density at radius 2 is 1.97 bits per heavy atom. The predicted octanol–water partition coefficient (Wildman–Crippen LogP) is 3.14. The zero-order valence-electron chi connectivity index (χ0n) is 16.9. The molecule has 0 spiro atoms. The number of likely N-dealkylation sites (tertiary alicyclic amines) is 1. The minimum Gasteiger partial charge on any atom is -0.308 e. The first kappa shape index (κ1) is 21.7. The summed E-state index contributed by atoms with van der Waals surface area (Å²) in [7, 11) is 0. The van der Waals surface area contributed by atoms with Crippen molar-refractivity contribution in [1.82, 2.24) is 15.4 Å². The molecule has 0 atom stereocenters. The van der Waals surface area contributed by atoms with Crippen molar-refractivity contribution in [3.05, 3.63) is 54.1 Å². The number of piperidine rings is 1. The number of nitrogens with one attached hydrogen (secondary N) is 3. The summed E-state index contributed by atoms with van der Waals surface area (Å²) in [6.45, 7) is 4.21. The van der Waals surface area contributed by atoms with E-state index in [1.807, 2.05) is 0 Å². The quantitative estimate of drug-likeness (QED) is 0.604. The molecule has 1 fully saturated rings. The third kappa shape index (κ3) is 7.09. The summed E-state index contributed by atoms with van der Waals surface area (Å²) in [6, 6.07) is 7.52. The average molecular weight is 415 g/mol. The number of pyridine rings is 1. The minimum atomic E-state index is -0.459. The van der Waals surface area contributed by atoms with Gasteiger partial charge in [0.25, 0.3) is 0 Å². The van der Waals surface area contributed by atoms with E-state index in [2.05, 4.69) is 26.0 Å². The number of hydrogen-bond donors (Lipinski definition) is 3. The van der Waals surface area contributed by atoms with Gasteiger partial charge in [0.15, 0.2) is 0 Å². The van der Waals surface area contributed by atoms with Crippen LogP contribution in [0.25, 0.3) is 0 Å². The standard InChI is InChI=1S/C21H26FN5O3/c1-15(28)26-30-14-16-4-7-27(8-5-16)13-17-9-18(22)11-20(10-17)25-21(29)24-19-3-2-6-23-12-19/h2-3,6,9-12,16H,4-5,7-8,13-14H2,1H3,(H,26,28)(H2,24,25,29). The third-order valence-electron chi connectivity index (χ3n) is 4.78. The van der Waals surface area contributed by atoms with Gasteiger partial charge in [-0.3, -0.25) is 19.5 Å². The Morgan fingerprint density at radius 1 is 1.20 bits per heavy atom. The van der Waals surface area contributed by atoms with E-state index in [1.54, 1.807) is 24.4 Å². The second kappa shape index (κ2) is 10.7. The average Bonchev–Trinajstić information content (AvgIpc) is 2.69. The Kier molecular flexibility index (Phi) is 7.69. The largest absolute Gasteiger partial charge is 0.323 e. The van der Waals surface area contributed by atoms with Crippen LogP contribution in [0.3, 0.4) is 0 Å². The molecule has 0 saturated carbocycles. The molecular formula is C21H26FN5O3. The van der Waals surface area contributed by atoms with Gasteiger partial charge in [-0.15, -0.1) is 0 Å². The van der Waals surface area contributed by atoms with Crippen LogP contribution in [0.1, 0.15) is 25.3 Å². The Labute approximate surface area is 174 Å². The zero-order valence-corrected chi connectivity index (χ0v) is 16.9. The smallest absolute Gasteiger partial charge is 0.308 e. The number of rotatable bonds is 7. The van der Waals surface area contributed by atoms with E-state index in [1.165, 1.54) is 25.3 Å². The van der Waals surface area contributed by atoms with E-state index < -0.39 is 11.8 Å². The van der Waals surface area contributed by atoms with Gasteiger partial charge in [-0.2, -0.15) is 0 Å². The maximum absolute atomic E-state index is 14.1. The summed E-state index contributed by atoms with van der Waals surface area (Å²) in [4.78, 5) is 34.3. The third-order valence-corrected chi connectivity index (χ3v) is 4.78. The van der Waals surface area contributed by atoms with Gasteiger partial charge in [0.2, 0.25) is 5.91 Å². The zero-order chi connectivity index (χ0) is 21.3. The number of aromatic nitrogens is 1. The number of carbonyl (C=O) groups is 2. The summed E-state index contributed by atoms with van der Waals surface area (Å²) < 4.78 is 14.1. The molecule has 0 bridgehead atoms. The molecule has 0 radical (unpaired) electrons. The summed E-state index contributed by atoms with van der Waals surface area (Å²) >= 11 is 0. The fourth-order valence-electron chi connectivity index (χ4n) is 3.37. The van der Waals surface area contributed by atoms with Crippen molar-refractivity contribution in [2.75, 3.05) is 30.3 Å². The molecule has 3 amide bonds. The molecule has 1 aromatic carbocycles. The van der Waals surface area contributed by atoms with Crippen molar-refractivity contribution in [3.8, 4) is 0 Å². The van der Waals surface area contributed by atoms with Crippen LogP contribution in [0, 0.1) is 11.7 Å². The molecule has 3 N–H and O–H groups in total. The number of amides is 3. The highest BCUT2D eigenvalue weighted by molar-refractivity contribution is 5.99. The number of anilines is 2. The first-order chi connectivity index (χ1) is 14.5. The SMILES string of the molecule is CC(=O)NOCC1CCN(Cc2cc(F)cc(NC(=O)Nc3cccnc3)c2)CC1. The summed E-state index contributed by atoms with van der Waals surface area (Å²) in [5.41, 5.74) is 4.09. The summed E-state index contributed by atoms with van der Waals surface area (Å²) in [5, 5.41) is 5.32. The van der Waals surface area contributed by atoms with Crippen LogP contribution in [-0.2, 0) is 16.2 Å². The van der Waals surface area contributed by atoms with Crippen LogP contribution in [-0.4, -0.2) is 41.5 Å². The molecule has 3 rings (SSSR count). The van der Waals surface area contributed by atoms with Crippen LogP contribution in [0.4, 0.5) is 20.6 Å². The highest BCUT2D eigenvalue weighted by Gasteiger charge is 2.20. The molecule has 2 aromatic rings. The van der Waals surface area contributed by atoms with Crippen molar-refractivity contribution >= 4 is 23.3 Å². The highest BCUT2D eigenvalue weighted by atomic mass is 19.1. The van der Waals surface area contributed by atoms with Gasteiger partial charge >= 0.3 is 6.03 Å². The number of nitrogens with zero attached hydrogens (tertiary/aromatic N) is 2. The molecule has 9 heteroatoms. The molecule has 160 valence electrons. The Hall–Kier alpha value is -3.04. The number of halogens is 1. The summed E-state index contributed by atoms with van der Waals surface area (Å²) in [5.74, 6) is -0.228. The lowest BCUT2D eigenvalue weighted by Crippen LogP contribution is -2.36. The van der Waals surface area contributed by atoms with E-state index in [0.717, 1.165) is 31.5 Å². The lowest BCUT2D eigenvalue weighted by atomic mass is 9.97. The van der Waals surface area contributed by atoms with Crippen molar-refractivity contribution in [2.45, 2.75) is 26.3 Å². The van der Waals surface area contributed by atoms with Gasteiger partial charge in [0, 0.05) is 25.4 Å². The van der Waals surface area contributed by atoms with Crippen molar-refractivity contribution in [1.29, 1.82) is 0 Å². The van der Waals surface area contributed by atoms with Crippen LogP contribution < -0.4 is 16.1 Å². The Morgan fingerprint density at radius 3 is 2.67 bits per heavy atom. The first-order valence-corrected chi connectivity index (χ1v) is 9.86. The summed E-state index contributed by atoms with van der Waals surface area (Å²) in [6.07, 6.45) is 5.02. The molecule has 1 aliphatic heterocycles. The topological polar surface area (TPSA) is 95.6 Å².